The van der Waals surface area contributed by atoms with Crippen molar-refractivity contribution in [1.82, 2.24) is 5.32 Å². The highest BCUT2D eigenvalue weighted by atomic mass is 16.5. The second kappa shape index (κ2) is 6.36. The van der Waals surface area contributed by atoms with Crippen molar-refractivity contribution in [2.45, 2.75) is 71.1 Å². The molecule has 0 amide bonds. The molecule has 0 bridgehead atoms. The fourth-order valence-electron chi connectivity index (χ4n) is 3.39. The lowest BCUT2D eigenvalue weighted by atomic mass is 9.51. The van der Waals surface area contributed by atoms with Crippen LogP contribution in [-0.4, -0.2) is 38.0 Å². The molecule has 18 heavy (non-hydrogen) atoms. The zero-order valence-electron chi connectivity index (χ0n) is 12.2. The molecule has 2 rings (SSSR count). The van der Waals surface area contributed by atoms with Crippen LogP contribution in [0.2, 0.25) is 0 Å². The van der Waals surface area contributed by atoms with Crippen molar-refractivity contribution >= 4 is 0 Å². The maximum atomic E-state index is 5.86. The smallest absolute Gasteiger partial charge is 0.0661 e. The lowest BCUT2D eigenvalue weighted by Gasteiger charge is -2.61. The quantitative estimate of drug-likeness (QED) is 0.677. The molecule has 0 aromatic heterocycles. The summed E-state index contributed by atoms with van der Waals surface area (Å²) in [6.07, 6.45) is 7.31. The van der Waals surface area contributed by atoms with Gasteiger partial charge in [0.2, 0.25) is 0 Å². The summed E-state index contributed by atoms with van der Waals surface area (Å²) in [5.74, 6) is 0. The van der Waals surface area contributed by atoms with Gasteiger partial charge in [-0.25, -0.2) is 0 Å². The largest absolute Gasteiger partial charge is 0.379 e. The van der Waals surface area contributed by atoms with Gasteiger partial charge in [-0.15, -0.1) is 0 Å². The van der Waals surface area contributed by atoms with Gasteiger partial charge in [-0.2, -0.15) is 0 Å². The molecule has 2 aliphatic rings. The monoisotopic (exact) mass is 255 g/mol. The van der Waals surface area contributed by atoms with E-state index in [2.05, 4.69) is 26.1 Å². The van der Waals surface area contributed by atoms with Crippen molar-refractivity contribution in [2.75, 3.05) is 19.8 Å². The fraction of sp³-hybridized carbons (Fsp3) is 1.00. The predicted octanol–water partition coefficient (Wildman–Crippen LogP) is 2.74. The molecule has 3 heteroatoms. The first-order valence-corrected chi connectivity index (χ1v) is 7.65. The molecule has 1 N–H and O–H groups in total. The molecule has 2 unspecified atom stereocenters. The number of nitrogens with one attached hydrogen (secondary N) is 1. The van der Waals surface area contributed by atoms with Crippen LogP contribution >= 0.6 is 0 Å². The third-order valence-corrected chi connectivity index (χ3v) is 4.60. The van der Waals surface area contributed by atoms with Crippen LogP contribution in [0.25, 0.3) is 0 Å². The Bertz CT molecular complexity index is 251. The maximum Gasteiger partial charge on any atom is 0.0661 e. The Kier molecular flexibility index (Phi) is 5.05. The minimum Gasteiger partial charge on any atom is -0.379 e. The van der Waals surface area contributed by atoms with Gasteiger partial charge in [-0.1, -0.05) is 6.42 Å². The highest BCUT2D eigenvalue weighted by molar-refractivity contribution is 5.11. The molecular weight excluding hydrogens is 226 g/mol. The molecule has 2 aliphatic carbocycles. The van der Waals surface area contributed by atoms with Gasteiger partial charge in [0, 0.05) is 24.7 Å². The molecule has 0 aromatic rings. The zero-order valence-corrected chi connectivity index (χ0v) is 12.2. The predicted molar refractivity (Wildman–Crippen MR) is 73.8 cm³/mol. The van der Waals surface area contributed by atoms with Crippen LogP contribution in [0.5, 0.6) is 0 Å². The summed E-state index contributed by atoms with van der Waals surface area (Å²) >= 11 is 0. The standard InChI is InChI=1S/C15H29NO2/c1-4-17-14-11-13(15(14)7-5-8-15)16-9-6-10-18-12(2)3/h12-14,16H,4-11H2,1-3H3. The van der Waals surface area contributed by atoms with E-state index in [0.717, 1.165) is 26.2 Å². The number of rotatable bonds is 8. The zero-order chi connectivity index (χ0) is 13.0. The molecule has 106 valence electrons. The van der Waals surface area contributed by atoms with Crippen molar-refractivity contribution in [3.8, 4) is 0 Å². The summed E-state index contributed by atoms with van der Waals surface area (Å²) in [6.45, 7) is 9.11. The minimum atomic E-state index is 0.356. The molecule has 0 aromatic carbocycles. The molecule has 1 spiro atoms. The maximum absolute atomic E-state index is 5.86. The van der Waals surface area contributed by atoms with Gasteiger partial charge in [0.1, 0.15) is 0 Å². The van der Waals surface area contributed by atoms with Gasteiger partial charge in [-0.05, 0) is 53.0 Å². The van der Waals surface area contributed by atoms with Gasteiger partial charge in [-0.3, -0.25) is 0 Å². The van der Waals surface area contributed by atoms with Gasteiger partial charge in [0.15, 0.2) is 0 Å². The molecule has 2 saturated carbocycles. The van der Waals surface area contributed by atoms with Gasteiger partial charge in [0.25, 0.3) is 0 Å². The highest BCUT2D eigenvalue weighted by Crippen LogP contribution is 2.57. The Morgan fingerprint density at radius 2 is 2.11 bits per heavy atom. The average Bonchev–Trinajstić information content (AvgIpc) is 2.23. The summed E-state index contributed by atoms with van der Waals surface area (Å²) in [5.41, 5.74) is 0.495. The number of hydrogen-bond acceptors (Lipinski definition) is 3. The van der Waals surface area contributed by atoms with Crippen molar-refractivity contribution in [2.24, 2.45) is 5.41 Å². The van der Waals surface area contributed by atoms with E-state index in [4.69, 9.17) is 9.47 Å². The Morgan fingerprint density at radius 3 is 2.67 bits per heavy atom. The lowest BCUT2D eigenvalue weighted by molar-refractivity contribution is -0.172. The summed E-state index contributed by atoms with van der Waals surface area (Å²) in [6, 6.07) is 0.696. The molecule has 3 nitrogen and oxygen atoms in total. The van der Waals surface area contributed by atoms with E-state index < -0.39 is 0 Å². The van der Waals surface area contributed by atoms with Crippen molar-refractivity contribution in [1.29, 1.82) is 0 Å². The van der Waals surface area contributed by atoms with Crippen LogP contribution in [0, 0.1) is 5.41 Å². The first kappa shape index (κ1) is 14.3. The van der Waals surface area contributed by atoms with E-state index in [1.807, 2.05) is 0 Å². The third kappa shape index (κ3) is 2.89. The summed E-state index contributed by atoms with van der Waals surface area (Å²) in [5, 5.41) is 3.71. The average molecular weight is 255 g/mol. The Hall–Kier alpha value is -0.120. The summed E-state index contributed by atoms with van der Waals surface area (Å²) in [7, 11) is 0. The van der Waals surface area contributed by atoms with E-state index in [0.29, 0.717) is 23.7 Å². The minimum absolute atomic E-state index is 0.356. The molecule has 0 radical (unpaired) electrons. The van der Waals surface area contributed by atoms with E-state index >= 15 is 0 Å². The number of hydrogen-bond donors (Lipinski definition) is 1. The Labute approximate surface area is 112 Å². The first-order valence-electron chi connectivity index (χ1n) is 7.65. The van der Waals surface area contributed by atoms with Crippen molar-refractivity contribution in [3.05, 3.63) is 0 Å². The van der Waals surface area contributed by atoms with Gasteiger partial charge >= 0.3 is 0 Å². The summed E-state index contributed by atoms with van der Waals surface area (Å²) < 4.78 is 11.4. The molecule has 2 atom stereocenters. The van der Waals surface area contributed by atoms with Crippen LogP contribution in [0.3, 0.4) is 0 Å². The second-order valence-corrected chi connectivity index (χ2v) is 6.05. The molecule has 0 saturated heterocycles. The van der Waals surface area contributed by atoms with Crippen LogP contribution in [0.4, 0.5) is 0 Å². The van der Waals surface area contributed by atoms with Crippen LogP contribution in [-0.2, 0) is 9.47 Å². The number of ether oxygens (including phenoxy) is 2. The van der Waals surface area contributed by atoms with E-state index in [1.54, 1.807) is 0 Å². The van der Waals surface area contributed by atoms with Crippen LogP contribution in [0.15, 0.2) is 0 Å². The Morgan fingerprint density at radius 1 is 1.33 bits per heavy atom. The van der Waals surface area contributed by atoms with E-state index in [-0.39, 0.29) is 0 Å². The molecule has 0 aliphatic heterocycles. The fourth-order valence-corrected chi connectivity index (χ4v) is 3.39. The first-order chi connectivity index (χ1) is 8.69. The topological polar surface area (TPSA) is 30.5 Å². The SMILES string of the molecule is CCOC1CC(NCCCOC(C)C)C12CCC2. The van der Waals surface area contributed by atoms with Crippen LogP contribution in [0.1, 0.15) is 52.9 Å². The molecule has 2 fully saturated rings. The Balaban J connectivity index is 1.62. The van der Waals surface area contributed by atoms with Crippen molar-refractivity contribution < 1.29 is 9.47 Å². The molecule has 0 heterocycles. The normalized spacial score (nSPS) is 29.3. The van der Waals surface area contributed by atoms with Gasteiger partial charge < -0.3 is 14.8 Å². The van der Waals surface area contributed by atoms with Gasteiger partial charge in [0.05, 0.1) is 12.2 Å². The molecular formula is C15H29NO2. The van der Waals surface area contributed by atoms with E-state index in [9.17, 15) is 0 Å². The second-order valence-electron chi connectivity index (χ2n) is 6.05. The lowest BCUT2D eigenvalue weighted by Crippen LogP contribution is -2.67. The van der Waals surface area contributed by atoms with E-state index in [1.165, 1.54) is 25.7 Å². The van der Waals surface area contributed by atoms with Crippen LogP contribution < -0.4 is 5.32 Å². The highest BCUT2D eigenvalue weighted by Gasteiger charge is 2.58. The van der Waals surface area contributed by atoms with Crippen molar-refractivity contribution in [3.63, 3.8) is 0 Å². The summed E-state index contributed by atoms with van der Waals surface area (Å²) in [4.78, 5) is 0. The third-order valence-electron chi connectivity index (χ3n) is 4.60.